The maximum Gasteiger partial charge on any atom is 0.337 e. The van der Waals surface area contributed by atoms with Crippen LogP contribution in [0.15, 0.2) is 54.6 Å². The summed E-state index contributed by atoms with van der Waals surface area (Å²) in [7, 11) is 1.34. The zero-order chi connectivity index (χ0) is 17.7. The van der Waals surface area contributed by atoms with E-state index in [4.69, 9.17) is 0 Å². The second-order valence-electron chi connectivity index (χ2n) is 6.38. The van der Waals surface area contributed by atoms with Gasteiger partial charge in [0.2, 0.25) is 0 Å². The van der Waals surface area contributed by atoms with Crippen molar-refractivity contribution in [2.24, 2.45) is 0 Å². The summed E-state index contributed by atoms with van der Waals surface area (Å²) in [6.07, 6.45) is 3.36. The standard InChI is InChI=1S/C20H22N2O3/c1-25-18(23)15-8-10-17(11-9-15)22-19(24)21-14-20(12-5-13-20)16-6-3-2-4-7-16/h2-4,6-11H,5,12-14H2,1H3,(H2,21,22,24). The molecule has 1 saturated carbocycles. The van der Waals surface area contributed by atoms with Crippen molar-refractivity contribution in [3.05, 3.63) is 65.7 Å². The molecule has 1 aliphatic rings. The minimum Gasteiger partial charge on any atom is -0.465 e. The lowest BCUT2D eigenvalue weighted by Crippen LogP contribution is -2.46. The fourth-order valence-electron chi connectivity index (χ4n) is 3.20. The Morgan fingerprint density at radius 2 is 1.72 bits per heavy atom. The number of nitrogens with one attached hydrogen (secondary N) is 2. The summed E-state index contributed by atoms with van der Waals surface area (Å²) in [5.41, 5.74) is 2.41. The Balaban J connectivity index is 1.57. The lowest BCUT2D eigenvalue weighted by Gasteiger charge is -2.42. The van der Waals surface area contributed by atoms with E-state index < -0.39 is 5.97 Å². The summed E-state index contributed by atoms with van der Waals surface area (Å²) in [4.78, 5) is 23.6. The second-order valence-corrected chi connectivity index (χ2v) is 6.38. The zero-order valence-corrected chi connectivity index (χ0v) is 14.2. The van der Waals surface area contributed by atoms with Crippen LogP contribution in [-0.4, -0.2) is 25.7 Å². The molecule has 5 heteroatoms. The van der Waals surface area contributed by atoms with Crippen LogP contribution in [0.2, 0.25) is 0 Å². The SMILES string of the molecule is COC(=O)c1ccc(NC(=O)NCC2(c3ccccc3)CCC2)cc1. The van der Waals surface area contributed by atoms with E-state index in [9.17, 15) is 9.59 Å². The Labute approximate surface area is 147 Å². The molecule has 0 saturated heterocycles. The molecule has 0 radical (unpaired) electrons. The number of amides is 2. The Morgan fingerprint density at radius 1 is 1.04 bits per heavy atom. The van der Waals surface area contributed by atoms with E-state index >= 15 is 0 Å². The van der Waals surface area contributed by atoms with Crippen molar-refractivity contribution in [2.45, 2.75) is 24.7 Å². The minimum atomic E-state index is -0.397. The molecule has 0 atom stereocenters. The third-order valence-electron chi connectivity index (χ3n) is 4.85. The lowest BCUT2D eigenvalue weighted by molar-refractivity contribution is 0.0601. The number of methoxy groups -OCH3 is 1. The number of hydrogen-bond donors (Lipinski definition) is 2. The topological polar surface area (TPSA) is 67.4 Å². The molecule has 2 aromatic carbocycles. The molecular weight excluding hydrogens is 316 g/mol. The van der Waals surface area contributed by atoms with Crippen molar-refractivity contribution in [1.82, 2.24) is 5.32 Å². The Hall–Kier alpha value is -2.82. The van der Waals surface area contributed by atoms with Gasteiger partial charge in [-0.15, -0.1) is 0 Å². The van der Waals surface area contributed by atoms with Gasteiger partial charge < -0.3 is 15.4 Å². The molecule has 1 fully saturated rings. The molecule has 0 aromatic heterocycles. The van der Waals surface area contributed by atoms with E-state index in [1.807, 2.05) is 18.2 Å². The highest BCUT2D eigenvalue weighted by Gasteiger charge is 2.38. The van der Waals surface area contributed by atoms with Gasteiger partial charge in [0.15, 0.2) is 0 Å². The lowest BCUT2D eigenvalue weighted by atomic mass is 9.64. The number of rotatable bonds is 5. The average Bonchev–Trinajstić information content (AvgIpc) is 2.62. The smallest absolute Gasteiger partial charge is 0.337 e. The maximum atomic E-state index is 12.2. The van der Waals surface area contributed by atoms with Crippen LogP contribution in [-0.2, 0) is 10.2 Å². The molecule has 0 bridgehead atoms. The summed E-state index contributed by atoms with van der Waals surface area (Å²) in [6, 6.07) is 16.7. The van der Waals surface area contributed by atoms with E-state index in [1.165, 1.54) is 19.1 Å². The summed E-state index contributed by atoms with van der Waals surface area (Å²) < 4.78 is 4.66. The Morgan fingerprint density at radius 3 is 2.28 bits per heavy atom. The van der Waals surface area contributed by atoms with Crippen LogP contribution in [0.4, 0.5) is 10.5 Å². The van der Waals surface area contributed by atoms with Gasteiger partial charge in [-0.25, -0.2) is 9.59 Å². The predicted octanol–water partition coefficient (Wildman–Crippen LogP) is 3.72. The van der Waals surface area contributed by atoms with Crippen LogP contribution in [0.5, 0.6) is 0 Å². The molecule has 2 aromatic rings. The largest absolute Gasteiger partial charge is 0.465 e. The third kappa shape index (κ3) is 3.82. The van der Waals surface area contributed by atoms with Gasteiger partial charge in [0.05, 0.1) is 12.7 Å². The van der Waals surface area contributed by atoms with E-state index in [0.717, 1.165) is 12.8 Å². The first-order valence-corrected chi connectivity index (χ1v) is 8.42. The van der Waals surface area contributed by atoms with Gasteiger partial charge >= 0.3 is 12.0 Å². The van der Waals surface area contributed by atoms with Crippen molar-refractivity contribution in [3.8, 4) is 0 Å². The van der Waals surface area contributed by atoms with Crippen molar-refractivity contribution >= 4 is 17.7 Å². The molecular formula is C20H22N2O3. The molecule has 25 heavy (non-hydrogen) atoms. The van der Waals surface area contributed by atoms with Gasteiger partial charge in [0.25, 0.3) is 0 Å². The fraction of sp³-hybridized carbons (Fsp3) is 0.300. The molecule has 2 amide bonds. The number of anilines is 1. The molecule has 0 spiro atoms. The highest BCUT2D eigenvalue weighted by Crippen LogP contribution is 2.43. The number of carbonyl (C=O) groups excluding carboxylic acids is 2. The van der Waals surface area contributed by atoms with Crippen LogP contribution < -0.4 is 10.6 Å². The third-order valence-corrected chi connectivity index (χ3v) is 4.85. The summed E-state index contributed by atoms with van der Waals surface area (Å²) >= 11 is 0. The quantitative estimate of drug-likeness (QED) is 0.817. The van der Waals surface area contributed by atoms with Crippen LogP contribution in [0.25, 0.3) is 0 Å². The van der Waals surface area contributed by atoms with Gasteiger partial charge in [0, 0.05) is 17.6 Å². The zero-order valence-electron chi connectivity index (χ0n) is 14.2. The van der Waals surface area contributed by atoms with E-state index in [-0.39, 0.29) is 11.4 Å². The van der Waals surface area contributed by atoms with Crippen LogP contribution in [0.3, 0.4) is 0 Å². The normalized spacial score (nSPS) is 14.9. The summed E-state index contributed by atoms with van der Waals surface area (Å²) in [6.45, 7) is 0.614. The van der Waals surface area contributed by atoms with E-state index in [0.29, 0.717) is 17.8 Å². The highest BCUT2D eigenvalue weighted by atomic mass is 16.5. The minimum absolute atomic E-state index is 0.0489. The first-order chi connectivity index (χ1) is 12.1. The average molecular weight is 338 g/mol. The number of ether oxygens (including phenoxy) is 1. The second kappa shape index (κ2) is 7.38. The Kier molecular flexibility index (Phi) is 5.03. The number of carbonyl (C=O) groups is 2. The first kappa shape index (κ1) is 17.0. The number of urea groups is 1. The van der Waals surface area contributed by atoms with Gasteiger partial charge in [-0.05, 0) is 42.7 Å². The molecule has 0 heterocycles. The molecule has 0 aliphatic heterocycles. The predicted molar refractivity (Wildman–Crippen MR) is 96.8 cm³/mol. The van der Waals surface area contributed by atoms with Crippen LogP contribution in [0.1, 0.15) is 35.2 Å². The Bertz CT molecular complexity index is 737. The van der Waals surface area contributed by atoms with Gasteiger partial charge in [-0.3, -0.25) is 0 Å². The van der Waals surface area contributed by atoms with Crippen LogP contribution >= 0.6 is 0 Å². The van der Waals surface area contributed by atoms with Crippen molar-refractivity contribution in [3.63, 3.8) is 0 Å². The molecule has 2 N–H and O–H groups in total. The van der Waals surface area contributed by atoms with Gasteiger partial charge in [0.1, 0.15) is 0 Å². The summed E-state index contributed by atoms with van der Waals surface area (Å²) in [5, 5.41) is 5.78. The van der Waals surface area contributed by atoms with E-state index in [1.54, 1.807) is 24.3 Å². The van der Waals surface area contributed by atoms with Crippen LogP contribution in [0, 0.1) is 0 Å². The monoisotopic (exact) mass is 338 g/mol. The van der Waals surface area contributed by atoms with Gasteiger partial charge in [-0.1, -0.05) is 36.8 Å². The maximum absolute atomic E-state index is 12.2. The van der Waals surface area contributed by atoms with Gasteiger partial charge in [-0.2, -0.15) is 0 Å². The van der Waals surface area contributed by atoms with Crippen molar-refractivity contribution < 1.29 is 14.3 Å². The fourth-order valence-corrected chi connectivity index (χ4v) is 3.20. The molecule has 3 rings (SSSR count). The number of esters is 1. The van der Waals surface area contributed by atoms with E-state index in [2.05, 4.69) is 27.5 Å². The molecule has 1 aliphatic carbocycles. The van der Waals surface area contributed by atoms with Crippen molar-refractivity contribution in [1.29, 1.82) is 0 Å². The number of hydrogen-bond acceptors (Lipinski definition) is 3. The number of benzene rings is 2. The molecule has 130 valence electrons. The first-order valence-electron chi connectivity index (χ1n) is 8.42. The van der Waals surface area contributed by atoms with Crippen molar-refractivity contribution in [2.75, 3.05) is 19.0 Å². The molecule has 5 nitrogen and oxygen atoms in total. The summed E-state index contributed by atoms with van der Waals surface area (Å²) in [5.74, 6) is -0.397. The molecule has 0 unspecified atom stereocenters. The highest BCUT2D eigenvalue weighted by molar-refractivity contribution is 5.92.